The number of aryl methyl sites for hydroxylation is 1. The van der Waals surface area contributed by atoms with Crippen LogP contribution in [0.25, 0.3) is 5.69 Å². The van der Waals surface area contributed by atoms with Gasteiger partial charge in [0.25, 0.3) is 11.8 Å². The van der Waals surface area contributed by atoms with E-state index >= 15 is 0 Å². The van der Waals surface area contributed by atoms with Gasteiger partial charge in [-0.25, -0.2) is 9.67 Å². The van der Waals surface area contributed by atoms with E-state index < -0.39 is 5.91 Å². The number of rotatable bonds is 6. The highest BCUT2D eigenvalue weighted by Crippen LogP contribution is 2.28. The van der Waals surface area contributed by atoms with Gasteiger partial charge in [-0.2, -0.15) is 0 Å². The average molecular weight is 446 g/mol. The molecule has 3 aromatic rings. The minimum Gasteiger partial charge on any atom is -0.345 e. The maximum Gasteiger partial charge on any atom is 0.291 e. The summed E-state index contributed by atoms with van der Waals surface area (Å²) >= 11 is 12.6. The number of carbonyl (C=O) groups is 2. The third-order valence-electron chi connectivity index (χ3n) is 4.40. The van der Waals surface area contributed by atoms with Gasteiger partial charge in [-0.15, -0.1) is 5.10 Å². The molecule has 0 radical (unpaired) electrons. The van der Waals surface area contributed by atoms with Crippen molar-refractivity contribution < 1.29 is 9.59 Å². The van der Waals surface area contributed by atoms with E-state index in [2.05, 4.69) is 15.4 Å². The number of hydrogen-bond donors (Lipinski definition) is 1. The number of benzene rings is 2. The molecule has 3 rings (SSSR count). The van der Waals surface area contributed by atoms with E-state index in [0.717, 1.165) is 5.56 Å². The fourth-order valence-corrected chi connectivity index (χ4v) is 3.38. The molecule has 0 bridgehead atoms. The van der Waals surface area contributed by atoms with Crippen LogP contribution in [-0.2, 0) is 13.0 Å². The lowest BCUT2D eigenvalue weighted by atomic mass is 10.1. The summed E-state index contributed by atoms with van der Waals surface area (Å²) in [6.07, 6.45) is 0.545. The lowest BCUT2D eigenvalue weighted by molar-refractivity contribution is 0.0827. The first-order valence-electron chi connectivity index (χ1n) is 9.31. The number of para-hydroxylation sites is 1. The van der Waals surface area contributed by atoms with E-state index in [1.807, 2.05) is 6.92 Å². The number of aromatic nitrogens is 3. The third-order valence-corrected chi connectivity index (χ3v) is 5.01. The first-order chi connectivity index (χ1) is 14.3. The highest BCUT2D eigenvalue weighted by atomic mass is 35.5. The molecule has 0 aliphatic carbocycles. The summed E-state index contributed by atoms with van der Waals surface area (Å²) in [5.41, 5.74) is 1.92. The largest absolute Gasteiger partial charge is 0.345 e. The van der Waals surface area contributed by atoms with E-state index in [0.29, 0.717) is 33.5 Å². The molecular weight excluding hydrogens is 425 g/mol. The quantitative estimate of drug-likeness (QED) is 0.625. The molecule has 9 heteroatoms. The fourth-order valence-electron chi connectivity index (χ4n) is 2.82. The maximum absolute atomic E-state index is 12.6. The molecule has 2 amide bonds. The Hall–Kier alpha value is -2.90. The van der Waals surface area contributed by atoms with E-state index in [4.69, 9.17) is 23.2 Å². The van der Waals surface area contributed by atoms with Crippen LogP contribution in [0, 0.1) is 0 Å². The smallest absolute Gasteiger partial charge is 0.291 e. The topological polar surface area (TPSA) is 80.1 Å². The molecule has 1 aromatic heterocycles. The summed E-state index contributed by atoms with van der Waals surface area (Å²) in [5, 5.41) is 7.95. The van der Waals surface area contributed by atoms with Gasteiger partial charge in [-0.3, -0.25) is 9.59 Å². The lowest BCUT2D eigenvalue weighted by Crippen LogP contribution is -2.24. The normalized spacial score (nSPS) is 10.7. The first kappa shape index (κ1) is 21.8. The summed E-state index contributed by atoms with van der Waals surface area (Å²) in [4.78, 5) is 30.4. The lowest BCUT2D eigenvalue weighted by Gasteiger charge is -2.10. The van der Waals surface area contributed by atoms with Gasteiger partial charge in [0, 0.05) is 32.6 Å². The molecule has 0 atom stereocenters. The van der Waals surface area contributed by atoms with Gasteiger partial charge in [0.05, 0.1) is 10.0 Å². The molecule has 2 aromatic carbocycles. The Morgan fingerprint density at radius 3 is 2.27 bits per heavy atom. The van der Waals surface area contributed by atoms with Crippen LogP contribution in [0.4, 0.5) is 0 Å². The summed E-state index contributed by atoms with van der Waals surface area (Å²) in [7, 11) is 3.39. The number of amides is 2. The van der Waals surface area contributed by atoms with Crippen molar-refractivity contribution in [3.05, 3.63) is 75.3 Å². The van der Waals surface area contributed by atoms with Gasteiger partial charge in [0.15, 0.2) is 0 Å². The number of hydrogen-bond acceptors (Lipinski definition) is 4. The SMILES string of the molecule is CCc1nc(C(=O)NCc2ccc(C(=O)N(C)C)cc2)nn1-c1c(Cl)cccc1Cl. The van der Waals surface area contributed by atoms with Gasteiger partial charge < -0.3 is 10.2 Å². The van der Waals surface area contributed by atoms with Crippen LogP contribution < -0.4 is 5.32 Å². The Labute approximate surface area is 184 Å². The van der Waals surface area contributed by atoms with Crippen LogP contribution in [0.15, 0.2) is 42.5 Å². The predicted molar refractivity (Wildman–Crippen MR) is 116 cm³/mol. The Morgan fingerprint density at radius 1 is 1.07 bits per heavy atom. The van der Waals surface area contributed by atoms with Crippen molar-refractivity contribution in [2.24, 2.45) is 0 Å². The zero-order chi connectivity index (χ0) is 21.8. The van der Waals surface area contributed by atoms with E-state index in [1.165, 1.54) is 9.58 Å². The van der Waals surface area contributed by atoms with Crippen molar-refractivity contribution in [3.8, 4) is 5.69 Å². The zero-order valence-corrected chi connectivity index (χ0v) is 18.3. The molecule has 0 fully saturated rings. The molecule has 0 saturated carbocycles. The second-order valence-corrected chi connectivity index (χ2v) is 7.58. The van der Waals surface area contributed by atoms with Crippen LogP contribution in [0.5, 0.6) is 0 Å². The van der Waals surface area contributed by atoms with Gasteiger partial charge in [0.2, 0.25) is 5.82 Å². The first-order valence-corrected chi connectivity index (χ1v) is 10.1. The van der Waals surface area contributed by atoms with Crippen molar-refractivity contribution >= 4 is 35.0 Å². The Balaban J connectivity index is 1.75. The molecule has 1 N–H and O–H groups in total. The molecule has 7 nitrogen and oxygen atoms in total. The zero-order valence-electron chi connectivity index (χ0n) is 16.8. The van der Waals surface area contributed by atoms with Crippen LogP contribution >= 0.6 is 23.2 Å². The summed E-state index contributed by atoms with van der Waals surface area (Å²) in [5.74, 6) is 0.106. The predicted octanol–water partition coefficient (Wildman–Crippen LogP) is 3.77. The summed E-state index contributed by atoms with van der Waals surface area (Å²) in [6, 6.07) is 12.2. The highest BCUT2D eigenvalue weighted by Gasteiger charge is 2.19. The van der Waals surface area contributed by atoms with Crippen molar-refractivity contribution in [3.63, 3.8) is 0 Å². The molecule has 30 heavy (non-hydrogen) atoms. The minimum atomic E-state index is -0.417. The number of carbonyl (C=O) groups excluding carboxylic acids is 2. The van der Waals surface area contributed by atoms with Gasteiger partial charge in [-0.05, 0) is 29.8 Å². The molecule has 0 saturated heterocycles. The maximum atomic E-state index is 12.6. The van der Waals surface area contributed by atoms with Gasteiger partial charge in [0.1, 0.15) is 11.5 Å². The van der Waals surface area contributed by atoms with Gasteiger partial charge in [-0.1, -0.05) is 48.3 Å². The van der Waals surface area contributed by atoms with E-state index in [1.54, 1.807) is 56.6 Å². The van der Waals surface area contributed by atoms with Gasteiger partial charge >= 0.3 is 0 Å². The van der Waals surface area contributed by atoms with Crippen LogP contribution in [0.2, 0.25) is 10.0 Å². The monoisotopic (exact) mass is 445 g/mol. The minimum absolute atomic E-state index is 0.0299. The van der Waals surface area contributed by atoms with Crippen molar-refractivity contribution in [1.82, 2.24) is 25.0 Å². The molecule has 1 heterocycles. The second kappa shape index (κ2) is 9.28. The summed E-state index contributed by atoms with van der Waals surface area (Å²) < 4.78 is 1.50. The van der Waals surface area contributed by atoms with Crippen molar-refractivity contribution in [1.29, 1.82) is 0 Å². The number of nitrogens with zero attached hydrogens (tertiary/aromatic N) is 4. The van der Waals surface area contributed by atoms with Crippen LogP contribution in [0.3, 0.4) is 0 Å². The van der Waals surface area contributed by atoms with Crippen LogP contribution in [0.1, 0.15) is 39.3 Å². The molecule has 0 spiro atoms. The average Bonchev–Trinajstić information content (AvgIpc) is 3.15. The van der Waals surface area contributed by atoms with Crippen LogP contribution in [-0.4, -0.2) is 45.6 Å². The number of nitrogens with one attached hydrogen (secondary N) is 1. The van der Waals surface area contributed by atoms with E-state index in [9.17, 15) is 9.59 Å². The molecular formula is C21H21Cl2N5O2. The Bertz CT molecular complexity index is 1060. The molecule has 156 valence electrons. The second-order valence-electron chi connectivity index (χ2n) is 6.77. The molecule has 0 aliphatic heterocycles. The molecule has 0 aliphatic rings. The van der Waals surface area contributed by atoms with E-state index in [-0.39, 0.29) is 18.3 Å². The standard InChI is InChI=1S/C21H21Cl2N5O2/c1-4-17-25-19(26-28(17)18-15(22)6-5-7-16(18)23)20(29)24-12-13-8-10-14(11-9-13)21(30)27(2)3/h5-11H,4,12H2,1-3H3,(H,24,29). The van der Waals surface area contributed by atoms with Crippen molar-refractivity contribution in [2.45, 2.75) is 19.9 Å². The Kier molecular flexibility index (Phi) is 6.74. The highest BCUT2D eigenvalue weighted by molar-refractivity contribution is 6.37. The third kappa shape index (κ3) is 4.63. The fraction of sp³-hybridized carbons (Fsp3) is 0.238. The summed E-state index contributed by atoms with van der Waals surface area (Å²) in [6.45, 7) is 2.18. The Morgan fingerprint density at radius 2 is 1.70 bits per heavy atom. The number of halogens is 2. The molecule has 0 unspecified atom stereocenters. The van der Waals surface area contributed by atoms with Crippen molar-refractivity contribution in [2.75, 3.05) is 14.1 Å².